The molecule has 0 aromatic heterocycles. The van der Waals surface area contributed by atoms with Gasteiger partial charge in [0.1, 0.15) is 0 Å². The Bertz CT molecular complexity index is 438. The molecule has 0 saturated heterocycles. The van der Waals surface area contributed by atoms with Gasteiger partial charge >= 0.3 is 0 Å². The number of anilines is 1. The minimum Gasteiger partial charge on any atom is -0.325 e. The standard InChI is InChI=1S/C15H21ClN2OS/c1-2-20-14-5-3-4-13(14)17-10-15(19)18-12-8-6-11(16)7-9-12/h6-9,13-14,17H,2-5,10H2,1H3,(H,18,19). The molecule has 1 amide bonds. The SMILES string of the molecule is CCSC1CCCC1NCC(=O)Nc1ccc(Cl)cc1. The first-order chi connectivity index (χ1) is 9.69. The summed E-state index contributed by atoms with van der Waals surface area (Å²) < 4.78 is 0. The fourth-order valence-corrected chi connectivity index (χ4v) is 3.89. The third-order valence-electron chi connectivity index (χ3n) is 3.49. The average molecular weight is 313 g/mol. The van der Waals surface area contributed by atoms with Crippen LogP contribution in [0.1, 0.15) is 26.2 Å². The zero-order valence-electron chi connectivity index (χ0n) is 11.7. The summed E-state index contributed by atoms with van der Waals surface area (Å²) in [5.74, 6) is 1.14. The van der Waals surface area contributed by atoms with Gasteiger partial charge in [0.25, 0.3) is 0 Å². The summed E-state index contributed by atoms with van der Waals surface area (Å²) in [5, 5.41) is 7.59. The molecule has 2 atom stereocenters. The molecule has 5 heteroatoms. The maximum absolute atomic E-state index is 11.9. The number of nitrogens with one attached hydrogen (secondary N) is 2. The molecule has 1 aromatic carbocycles. The van der Waals surface area contributed by atoms with Gasteiger partial charge in [-0.1, -0.05) is 24.9 Å². The fraction of sp³-hybridized carbons (Fsp3) is 0.533. The molecule has 1 aliphatic carbocycles. The van der Waals surface area contributed by atoms with E-state index in [2.05, 4.69) is 17.6 Å². The Morgan fingerprint density at radius 1 is 1.35 bits per heavy atom. The van der Waals surface area contributed by atoms with Gasteiger partial charge in [-0.3, -0.25) is 4.79 Å². The van der Waals surface area contributed by atoms with Crippen LogP contribution in [0, 0.1) is 0 Å². The van der Waals surface area contributed by atoms with E-state index < -0.39 is 0 Å². The van der Waals surface area contributed by atoms with Crippen molar-refractivity contribution in [2.75, 3.05) is 17.6 Å². The smallest absolute Gasteiger partial charge is 0.238 e. The zero-order chi connectivity index (χ0) is 14.4. The highest BCUT2D eigenvalue weighted by molar-refractivity contribution is 7.99. The van der Waals surface area contributed by atoms with Crippen LogP contribution in [-0.4, -0.2) is 29.5 Å². The summed E-state index contributed by atoms with van der Waals surface area (Å²) in [4.78, 5) is 11.9. The molecule has 0 aliphatic heterocycles. The van der Waals surface area contributed by atoms with Crippen LogP contribution in [0.5, 0.6) is 0 Å². The van der Waals surface area contributed by atoms with Crippen molar-refractivity contribution in [2.45, 2.75) is 37.5 Å². The molecule has 3 nitrogen and oxygen atoms in total. The number of amides is 1. The van der Waals surface area contributed by atoms with Crippen LogP contribution in [0.15, 0.2) is 24.3 Å². The second-order valence-electron chi connectivity index (χ2n) is 4.97. The highest BCUT2D eigenvalue weighted by atomic mass is 35.5. The van der Waals surface area contributed by atoms with E-state index in [0.717, 1.165) is 11.4 Å². The number of halogens is 1. The van der Waals surface area contributed by atoms with Gasteiger partial charge < -0.3 is 10.6 Å². The number of rotatable bonds is 6. The summed E-state index contributed by atoms with van der Waals surface area (Å²) in [7, 11) is 0. The molecular weight excluding hydrogens is 292 g/mol. The predicted molar refractivity (Wildman–Crippen MR) is 87.6 cm³/mol. The summed E-state index contributed by atoms with van der Waals surface area (Å²) in [5.41, 5.74) is 0.784. The van der Waals surface area contributed by atoms with Crippen molar-refractivity contribution in [3.63, 3.8) is 0 Å². The van der Waals surface area contributed by atoms with Gasteiger partial charge in [-0.2, -0.15) is 11.8 Å². The first-order valence-electron chi connectivity index (χ1n) is 7.09. The first-order valence-corrected chi connectivity index (χ1v) is 8.52. The van der Waals surface area contributed by atoms with Crippen LogP contribution in [0.4, 0.5) is 5.69 Å². The predicted octanol–water partition coefficient (Wildman–Crippen LogP) is 3.54. The van der Waals surface area contributed by atoms with Gasteiger partial charge in [-0.05, 0) is 42.9 Å². The van der Waals surface area contributed by atoms with Crippen LogP contribution < -0.4 is 10.6 Å². The molecule has 0 heterocycles. The molecule has 20 heavy (non-hydrogen) atoms. The lowest BCUT2D eigenvalue weighted by atomic mass is 10.2. The number of carbonyl (C=O) groups is 1. The van der Waals surface area contributed by atoms with Crippen molar-refractivity contribution in [3.05, 3.63) is 29.3 Å². The van der Waals surface area contributed by atoms with Crippen molar-refractivity contribution in [2.24, 2.45) is 0 Å². The van der Waals surface area contributed by atoms with Crippen LogP contribution in [0.3, 0.4) is 0 Å². The largest absolute Gasteiger partial charge is 0.325 e. The second-order valence-corrected chi connectivity index (χ2v) is 6.92. The van der Waals surface area contributed by atoms with Gasteiger partial charge in [0.2, 0.25) is 5.91 Å². The van der Waals surface area contributed by atoms with Crippen LogP contribution in [0.25, 0.3) is 0 Å². The van der Waals surface area contributed by atoms with Gasteiger partial charge in [0, 0.05) is 22.0 Å². The van der Waals surface area contributed by atoms with Crippen molar-refractivity contribution in [1.29, 1.82) is 0 Å². The summed E-state index contributed by atoms with van der Waals surface area (Å²) in [6, 6.07) is 7.64. The molecule has 0 bridgehead atoms. The highest BCUT2D eigenvalue weighted by Crippen LogP contribution is 2.29. The van der Waals surface area contributed by atoms with Gasteiger partial charge in [0.05, 0.1) is 6.54 Å². The molecule has 0 radical (unpaired) electrons. The molecule has 1 aliphatic rings. The van der Waals surface area contributed by atoms with Gasteiger partial charge in [0.15, 0.2) is 0 Å². The van der Waals surface area contributed by atoms with Gasteiger partial charge in [-0.25, -0.2) is 0 Å². The Balaban J connectivity index is 1.76. The third-order valence-corrected chi connectivity index (χ3v) is 5.06. The van der Waals surface area contributed by atoms with E-state index in [-0.39, 0.29) is 5.91 Å². The number of hydrogen-bond donors (Lipinski definition) is 2. The molecule has 1 fully saturated rings. The Morgan fingerprint density at radius 3 is 2.80 bits per heavy atom. The maximum atomic E-state index is 11.9. The second kappa shape index (κ2) is 7.91. The van der Waals surface area contributed by atoms with E-state index in [1.165, 1.54) is 19.3 Å². The molecule has 2 N–H and O–H groups in total. The normalized spacial score (nSPS) is 21.9. The molecule has 110 valence electrons. The average Bonchev–Trinajstić information content (AvgIpc) is 2.87. The lowest BCUT2D eigenvalue weighted by molar-refractivity contribution is -0.115. The lowest BCUT2D eigenvalue weighted by Crippen LogP contribution is -2.39. The van der Waals surface area contributed by atoms with Crippen molar-refractivity contribution >= 4 is 35.0 Å². The van der Waals surface area contributed by atoms with Gasteiger partial charge in [-0.15, -0.1) is 0 Å². The molecule has 2 rings (SSSR count). The number of carbonyl (C=O) groups excluding carboxylic acids is 1. The molecule has 2 unspecified atom stereocenters. The maximum Gasteiger partial charge on any atom is 0.238 e. The minimum absolute atomic E-state index is 0.000490. The Kier molecular flexibility index (Phi) is 6.20. The monoisotopic (exact) mass is 312 g/mol. The number of hydrogen-bond acceptors (Lipinski definition) is 3. The summed E-state index contributed by atoms with van der Waals surface area (Å²) >= 11 is 7.81. The molecule has 1 saturated carbocycles. The van der Waals surface area contributed by atoms with E-state index in [0.29, 0.717) is 22.9 Å². The van der Waals surface area contributed by atoms with E-state index in [1.54, 1.807) is 12.1 Å². The molecule has 1 aromatic rings. The lowest BCUT2D eigenvalue weighted by Gasteiger charge is -2.19. The minimum atomic E-state index is -0.000490. The number of thioether (sulfide) groups is 1. The van der Waals surface area contributed by atoms with E-state index >= 15 is 0 Å². The highest BCUT2D eigenvalue weighted by Gasteiger charge is 2.26. The van der Waals surface area contributed by atoms with Crippen molar-refractivity contribution in [3.8, 4) is 0 Å². The Morgan fingerprint density at radius 2 is 2.10 bits per heavy atom. The zero-order valence-corrected chi connectivity index (χ0v) is 13.3. The molecular formula is C15H21ClN2OS. The van der Waals surface area contributed by atoms with E-state index in [1.807, 2.05) is 23.9 Å². The van der Waals surface area contributed by atoms with Crippen molar-refractivity contribution in [1.82, 2.24) is 5.32 Å². The fourth-order valence-electron chi connectivity index (χ4n) is 2.54. The number of benzene rings is 1. The van der Waals surface area contributed by atoms with E-state index in [4.69, 9.17) is 11.6 Å². The quantitative estimate of drug-likeness (QED) is 0.844. The van der Waals surface area contributed by atoms with Crippen LogP contribution in [-0.2, 0) is 4.79 Å². The third kappa shape index (κ3) is 4.69. The first kappa shape index (κ1) is 15.7. The van der Waals surface area contributed by atoms with Crippen molar-refractivity contribution < 1.29 is 4.79 Å². The Hall–Kier alpha value is -0.710. The van der Waals surface area contributed by atoms with Crippen LogP contribution >= 0.6 is 23.4 Å². The summed E-state index contributed by atoms with van der Waals surface area (Å²) in [6.45, 7) is 2.56. The topological polar surface area (TPSA) is 41.1 Å². The van der Waals surface area contributed by atoms with E-state index in [9.17, 15) is 4.79 Å². The summed E-state index contributed by atoms with van der Waals surface area (Å²) in [6.07, 6.45) is 3.69. The van der Waals surface area contributed by atoms with Crippen LogP contribution in [0.2, 0.25) is 5.02 Å². The Labute approximate surface area is 129 Å². The molecule has 0 spiro atoms.